The summed E-state index contributed by atoms with van der Waals surface area (Å²) in [5.74, 6) is -0.745. The number of carbonyl (C=O) groups is 1. The Kier molecular flexibility index (Phi) is 5.92. The molecule has 110 valence electrons. The van der Waals surface area contributed by atoms with Crippen molar-refractivity contribution < 1.29 is 19.6 Å². The van der Waals surface area contributed by atoms with Crippen LogP contribution < -0.4 is 10.1 Å². The van der Waals surface area contributed by atoms with E-state index in [9.17, 15) is 14.9 Å². The molecule has 0 fully saturated rings. The minimum Gasteiger partial charge on any atom is -0.479 e. The second-order valence-electron chi connectivity index (χ2n) is 4.32. The lowest BCUT2D eigenvalue weighted by atomic mass is 10.1. The monoisotopic (exact) mass is 282 g/mol. The maximum Gasteiger partial charge on any atom is 0.344 e. The SMILES string of the molecule is CCCNCc1cc([N+](=O)[O-])ccc1OC(C)C(=O)O. The largest absolute Gasteiger partial charge is 0.479 e. The molecule has 0 saturated carbocycles. The molecule has 0 aliphatic rings. The van der Waals surface area contributed by atoms with Crippen LogP contribution in [-0.4, -0.2) is 28.6 Å². The van der Waals surface area contributed by atoms with E-state index >= 15 is 0 Å². The van der Waals surface area contributed by atoms with E-state index in [2.05, 4.69) is 5.32 Å². The Bertz CT molecular complexity index is 490. The first kappa shape index (κ1) is 15.9. The average Bonchev–Trinajstić information content (AvgIpc) is 2.40. The molecule has 0 radical (unpaired) electrons. The van der Waals surface area contributed by atoms with E-state index in [1.54, 1.807) is 0 Å². The molecule has 1 unspecified atom stereocenters. The summed E-state index contributed by atoms with van der Waals surface area (Å²) in [6, 6.07) is 4.13. The van der Waals surface area contributed by atoms with Crippen LogP contribution in [0.25, 0.3) is 0 Å². The van der Waals surface area contributed by atoms with Crippen molar-refractivity contribution in [3.8, 4) is 5.75 Å². The van der Waals surface area contributed by atoms with Gasteiger partial charge in [0, 0.05) is 24.2 Å². The van der Waals surface area contributed by atoms with Crippen molar-refractivity contribution in [2.45, 2.75) is 32.9 Å². The summed E-state index contributed by atoms with van der Waals surface area (Å²) in [5, 5.41) is 22.7. The van der Waals surface area contributed by atoms with Crippen LogP contribution in [0.5, 0.6) is 5.75 Å². The lowest BCUT2D eigenvalue weighted by Gasteiger charge is -2.14. The van der Waals surface area contributed by atoms with Gasteiger partial charge in [-0.2, -0.15) is 0 Å². The summed E-state index contributed by atoms with van der Waals surface area (Å²) in [6.45, 7) is 4.56. The van der Waals surface area contributed by atoms with Crippen LogP contribution in [0.2, 0.25) is 0 Å². The number of benzene rings is 1. The number of carboxylic acids is 1. The maximum absolute atomic E-state index is 10.8. The van der Waals surface area contributed by atoms with Gasteiger partial charge in [-0.15, -0.1) is 0 Å². The highest BCUT2D eigenvalue weighted by Gasteiger charge is 2.17. The zero-order chi connectivity index (χ0) is 15.1. The molecule has 0 saturated heterocycles. The number of nitro benzene ring substituents is 1. The predicted octanol–water partition coefficient (Wildman–Crippen LogP) is 1.95. The Balaban J connectivity index is 2.95. The fourth-order valence-electron chi connectivity index (χ4n) is 1.57. The van der Waals surface area contributed by atoms with Gasteiger partial charge in [0.1, 0.15) is 5.75 Å². The van der Waals surface area contributed by atoms with Crippen LogP contribution in [0.15, 0.2) is 18.2 Å². The molecular formula is C13H18N2O5. The van der Waals surface area contributed by atoms with Gasteiger partial charge >= 0.3 is 5.97 Å². The van der Waals surface area contributed by atoms with E-state index < -0.39 is 17.0 Å². The van der Waals surface area contributed by atoms with E-state index in [4.69, 9.17) is 9.84 Å². The lowest BCUT2D eigenvalue weighted by Crippen LogP contribution is -2.24. The van der Waals surface area contributed by atoms with Crippen LogP contribution >= 0.6 is 0 Å². The predicted molar refractivity (Wildman–Crippen MR) is 72.8 cm³/mol. The van der Waals surface area contributed by atoms with Gasteiger partial charge in [-0.1, -0.05) is 6.92 Å². The van der Waals surface area contributed by atoms with Crippen molar-refractivity contribution in [3.05, 3.63) is 33.9 Å². The quantitative estimate of drug-likeness (QED) is 0.429. The number of ether oxygens (including phenoxy) is 1. The molecule has 0 bridgehead atoms. The Morgan fingerprint density at radius 2 is 2.25 bits per heavy atom. The van der Waals surface area contributed by atoms with Crippen molar-refractivity contribution in [1.82, 2.24) is 5.32 Å². The van der Waals surface area contributed by atoms with Gasteiger partial charge in [-0.3, -0.25) is 10.1 Å². The molecule has 1 aromatic rings. The summed E-state index contributed by atoms with van der Waals surface area (Å²) < 4.78 is 5.31. The molecule has 0 aliphatic heterocycles. The summed E-state index contributed by atoms with van der Waals surface area (Å²) >= 11 is 0. The normalized spacial score (nSPS) is 11.9. The van der Waals surface area contributed by atoms with Gasteiger partial charge in [-0.05, 0) is 26.0 Å². The molecule has 20 heavy (non-hydrogen) atoms. The molecule has 7 nitrogen and oxygen atoms in total. The molecule has 2 N–H and O–H groups in total. The molecule has 7 heteroatoms. The number of hydrogen-bond acceptors (Lipinski definition) is 5. The average molecular weight is 282 g/mol. The third-order valence-electron chi connectivity index (χ3n) is 2.65. The number of nitro groups is 1. The van der Waals surface area contributed by atoms with Gasteiger partial charge in [0.15, 0.2) is 6.10 Å². The second-order valence-corrected chi connectivity index (χ2v) is 4.32. The second kappa shape index (κ2) is 7.44. The van der Waals surface area contributed by atoms with E-state index in [0.29, 0.717) is 17.9 Å². The first-order valence-corrected chi connectivity index (χ1v) is 6.33. The van der Waals surface area contributed by atoms with Crippen LogP contribution in [0, 0.1) is 10.1 Å². The minimum atomic E-state index is -1.09. The molecule has 1 aromatic carbocycles. The number of nitrogens with one attached hydrogen (secondary N) is 1. The van der Waals surface area contributed by atoms with E-state index in [1.807, 2.05) is 6.92 Å². The Morgan fingerprint density at radius 3 is 2.80 bits per heavy atom. The van der Waals surface area contributed by atoms with E-state index in [-0.39, 0.29) is 5.69 Å². The standard InChI is InChI=1S/C13H18N2O5/c1-3-6-14-8-10-7-11(15(18)19)4-5-12(10)20-9(2)13(16)17/h4-5,7,9,14H,3,6,8H2,1-2H3,(H,16,17). The smallest absolute Gasteiger partial charge is 0.344 e. The highest BCUT2D eigenvalue weighted by Crippen LogP contribution is 2.25. The lowest BCUT2D eigenvalue weighted by molar-refractivity contribution is -0.384. The third-order valence-corrected chi connectivity index (χ3v) is 2.65. The van der Waals surface area contributed by atoms with E-state index in [1.165, 1.54) is 25.1 Å². The molecule has 1 atom stereocenters. The number of non-ortho nitro benzene ring substituents is 1. The van der Waals surface area contributed by atoms with Crippen LogP contribution in [-0.2, 0) is 11.3 Å². The fraction of sp³-hybridized carbons (Fsp3) is 0.462. The number of carboxylic acid groups (broad SMARTS) is 1. The molecule has 0 amide bonds. The highest BCUT2D eigenvalue weighted by molar-refractivity contribution is 5.72. The first-order chi connectivity index (χ1) is 9.45. The van der Waals surface area contributed by atoms with Gasteiger partial charge in [0.05, 0.1) is 4.92 Å². The number of rotatable bonds is 8. The van der Waals surface area contributed by atoms with Crippen molar-refractivity contribution in [1.29, 1.82) is 0 Å². The van der Waals surface area contributed by atoms with Crippen LogP contribution in [0.3, 0.4) is 0 Å². The minimum absolute atomic E-state index is 0.0476. The van der Waals surface area contributed by atoms with Gasteiger partial charge in [-0.25, -0.2) is 4.79 Å². The van der Waals surface area contributed by atoms with E-state index in [0.717, 1.165) is 13.0 Å². The van der Waals surface area contributed by atoms with Gasteiger partial charge in [0.2, 0.25) is 0 Å². The number of aliphatic carboxylic acids is 1. The van der Waals surface area contributed by atoms with Gasteiger partial charge < -0.3 is 15.2 Å². The Hall–Kier alpha value is -2.15. The zero-order valence-electron chi connectivity index (χ0n) is 11.5. The van der Waals surface area contributed by atoms with Crippen molar-refractivity contribution >= 4 is 11.7 Å². The molecule has 0 aromatic heterocycles. The third kappa shape index (κ3) is 4.51. The van der Waals surface area contributed by atoms with Crippen molar-refractivity contribution in [3.63, 3.8) is 0 Å². The summed E-state index contributed by atoms with van der Waals surface area (Å²) in [6.07, 6.45) is -0.0854. The molecule has 0 aliphatic carbocycles. The summed E-state index contributed by atoms with van der Waals surface area (Å²) in [7, 11) is 0. The van der Waals surface area contributed by atoms with Crippen molar-refractivity contribution in [2.24, 2.45) is 0 Å². The topological polar surface area (TPSA) is 102 Å². The molecule has 0 spiro atoms. The Labute approximate surface area is 116 Å². The highest BCUT2D eigenvalue weighted by atomic mass is 16.6. The Morgan fingerprint density at radius 1 is 1.55 bits per heavy atom. The van der Waals surface area contributed by atoms with Crippen LogP contribution in [0.4, 0.5) is 5.69 Å². The van der Waals surface area contributed by atoms with Gasteiger partial charge in [0.25, 0.3) is 5.69 Å². The fourth-order valence-corrected chi connectivity index (χ4v) is 1.57. The molecule has 1 rings (SSSR count). The number of hydrogen-bond donors (Lipinski definition) is 2. The maximum atomic E-state index is 10.8. The molecular weight excluding hydrogens is 264 g/mol. The summed E-state index contributed by atoms with van der Waals surface area (Å²) in [5.41, 5.74) is 0.523. The summed E-state index contributed by atoms with van der Waals surface area (Å²) in [4.78, 5) is 21.1. The number of nitrogens with zero attached hydrogens (tertiary/aromatic N) is 1. The van der Waals surface area contributed by atoms with Crippen molar-refractivity contribution in [2.75, 3.05) is 6.54 Å². The molecule has 0 heterocycles. The first-order valence-electron chi connectivity index (χ1n) is 6.33. The zero-order valence-corrected chi connectivity index (χ0v) is 11.5. The van der Waals surface area contributed by atoms with Crippen LogP contribution in [0.1, 0.15) is 25.8 Å².